The fraction of sp³-hybridized carbons (Fsp3) is 1.00. The normalized spacial score (nSPS) is 27.8. The summed E-state index contributed by atoms with van der Waals surface area (Å²) in [5, 5.41) is 8.36. The first-order chi connectivity index (χ1) is 5.87. The van der Waals surface area contributed by atoms with Crippen LogP contribution in [0.25, 0.3) is 0 Å². The van der Waals surface area contributed by atoms with Crippen molar-refractivity contribution in [3.8, 4) is 0 Å². The lowest BCUT2D eigenvalue weighted by molar-refractivity contribution is -0.0659. The second-order valence-corrected chi connectivity index (χ2v) is 5.56. The molecule has 3 nitrogen and oxygen atoms in total. The Morgan fingerprint density at radius 3 is 2.46 bits per heavy atom. The Bertz CT molecular complexity index is 273. The molecule has 0 spiro atoms. The Morgan fingerprint density at radius 1 is 1.46 bits per heavy atom. The third kappa shape index (κ3) is 2.60. The molecular formula is C7H12F2O3S. The van der Waals surface area contributed by atoms with Crippen LogP contribution in [0.1, 0.15) is 12.8 Å². The molecule has 0 saturated carbocycles. The number of aliphatic hydroxyl groups is 1. The lowest BCUT2D eigenvalue weighted by atomic mass is 9.98. The molecule has 1 fully saturated rings. The Labute approximate surface area is 75.7 Å². The van der Waals surface area contributed by atoms with Gasteiger partial charge in [0.15, 0.2) is 9.84 Å². The smallest absolute Gasteiger partial charge is 0.254 e. The molecule has 1 atom stereocenters. The van der Waals surface area contributed by atoms with Gasteiger partial charge in [-0.25, -0.2) is 17.2 Å². The summed E-state index contributed by atoms with van der Waals surface area (Å²) in [6.07, 6.45) is -0.636. The summed E-state index contributed by atoms with van der Waals surface area (Å²) in [4.78, 5) is 0. The average molecular weight is 214 g/mol. The largest absolute Gasteiger partial charge is 0.396 e. The highest BCUT2D eigenvalue weighted by Crippen LogP contribution is 2.35. The van der Waals surface area contributed by atoms with Crippen LogP contribution in [0, 0.1) is 5.92 Å². The first kappa shape index (κ1) is 10.8. The lowest BCUT2D eigenvalue weighted by Crippen LogP contribution is -2.30. The first-order valence-electron chi connectivity index (χ1n) is 4.06. The average Bonchev–Trinajstić information content (AvgIpc) is 2.30. The molecule has 1 N–H and O–H groups in total. The van der Waals surface area contributed by atoms with E-state index in [1.165, 1.54) is 0 Å². The summed E-state index contributed by atoms with van der Waals surface area (Å²) in [6, 6.07) is 0. The predicted molar refractivity (Wildman–Crippen MR) is 43.4 cm³/mol. The van der Waals surface area contributed by atoms with Gasteiger partial charge in [0.05, 0.1) is 11.5 Å². The van der Waals surface area contributed by atoms with E-state index in [4.69, 9.17) is 5.11 Å². The van der Waals surface area contributed by atoms with Crippen molar-refractivity contribution in [1.82, 2.24) is 0 Å². The molecule has 0 radical (unpaired) electrons. The number of aliphatic hydroxyl groups excluding tert-OH is 1. The van der Waals surface area contributed by atoms with Crippen LogP contribution in [0.3, 0.4) is 0 Å². The van der Waals surface area contributed by atoms with Gasteiger partial charge < -0.3 is 5.11 Å². The maximum absolute atomic E-state index is 13.0. The molecular weight excluding hydrogens is 202 g/mol. The van der Waals surface area contributed by atoms with E-state index in [1.54, 1.807) is 0 Å². The van der Waals surface area contributed by atoms with Crippen molar-refractivity contribution in [3.05, 3.63) is 0 Å². The second-order valence-electron chi connectivity index (χ2n) is 3.33. The van der Waals surface area contributed by atoms with Crippen molar-refractivity contribution >= 4 is 9.84 Å². The van der Waals surface area contributed by atoms with Crippen LogP contribution in [-0.2, 0) is 9.84 Å². The number of alkyl halides is 2. The summed E-state index contributed by atoms with van der Waals surface area (Å²) in [5.41, 5.74) is 0. The number of hydrogen-bond acceptors (Lipinski definition) is 3. The van der Waals surface area contributed by atoms with Crippen molar-refractivity contribution in [1.29, 1.82) is 0 Å². The first-order valence-corrected chi connectivity index (χ1v) is 5.88. The molecule has 78 valence electrons. The number of halogens is 2. The zero-order valence-corrected chi connectivity index (χ0v) is 7.86. The zero-order chi connectivity index (χ0) is 10.1. The van der Waals surface area contributed by atoms with Crippen molar-refractivity contribution in [2.24, 2.45) is 5.92 Å². The van der Waals surface area contributed by atoms with Gasteiger partial charge in [-0.1, -0.05) is 0 Å². The van der Waals surface area contributed by atoms with Gasteiger partial charge in [-0.15, -0.1) is 0 Å². The lowest BCUT2D eigenvalue weighted by Gasteiger charge is -2.20. The minimum atomic E-state index is -3.26. The van der Waals surface area contributed by atoms with E-state index in [0.29, 0.717) is 0 Å². The van der Waals surface area contributed by atoms with Crippen molar-refractivity contribution in [2.75, 3.05) is 18.1 Å². The number of rotatable bonds is 3. The molecule has 1 unspecified atom stereocenters. The Hall–Kier alpha value is -0.230. The van der Waals surface area contributed by atoms with E-state index in [-0.39, 0.29) is 12.2 Å². The molecule has 1 aliphatic heterocycles. The van der Waals surface area contributed by atoms with Crippen molar-refractivity contribution in [2.45, 2.75) is 18.8 Å². The zero-order valence-electron chi connectivity index (χ0n) is 7.04. The van der Waals surface area contributed by atoms with Gasteiger partial charge in [0, 0.05) is 18.9 Å². The summed E-state index contributed by atoms with van der Waals surface area (Å²) in [5.74, 6) is -4.75. The molecule has 1 saturated heterocycles. The third-order valence-electron chi connectivity index (χ3n) is 2.27. The standard InChI is InChI=1S/C7H12F2O3S/c8-7(9,2-3-10)6-1-4-13(11,12)5-6/h6,10H,1-5H2. The fourth-order valence-corrected chi connectivity index (χ4v) is 3.32. The molecule has 1 aliphatic rings. The van der Waals surface area contributed by atoms with Gasteiger partial charge in [0.2, 0.25) is 0 Å². The molecule has 1 heterocycles. The van der Waals surface area contributed by atoms with Crippen LogP contribution in [0.5, 0.6) is 0 Å². The SMILES string of the molecule is O=S1(=O)CCC(C(F)(F)CCO)C1. The van der Waals surface area contributed by atoms with E-state index in [9.17, 15) is 17.2 Å². The van der Waals surface area contributed by atoms with E-state index in [0.717, 1.165) is 0 Å². The second kappa shape index (κ2) is 3.49. The maximum Gasteiger partial charge on any atom is 0.254 e. The Kier molecular flexibility index (Phi) is 2.91. The molecule has 0 bridgehead atoms. The van der Waals surface area contributed by atoms with Crippen LogP contribution in [0.15, 0.2) is 0 Å². The van der Waals surface area contributed by atoms with Crippen molar-refractivity contribution < 1.29 is 22.3 Å². The molecule has 0 amide bonds. The topological polar surface area (TPSA) is 54.4 Å². The Balaban J connectivity index is 2.65. The maximum atomic E-state index is 13.0. The van der Waals surface area contributed by atoms with Crippen LogP contribution in [0.4, 0.5) is 8.78 Å². The van der Waals surface area contributed by atoms with Gasteiger partial charge in [0.25, 0.3) is 5.92 Å². The monoisotopic (exact) mass is 214 g/mol. The summed E-state index contributed by atoms with van der Waals surface area (Å²) < 4.78 is 47.9. The number of hydrogen-bond donors (Lipinski definition) is 1. The molecule has 0 aromatic carbocycles. The van der Waals surface area contributed by atoms with Crippen LogP contribution < -0.4 is 0 Å². The highest BCUT2D eigenvalue weighted by atomic mass is 32.2. The minimum absolute atomic E-state index is 0.00926. The summed E-state index contributed by atoms with van der Waals surface area (Å²) in [6.45, 7) is -0.608. The van der Waals surface area contributed by atoms with E-state index in [1.807, 2.05) is 0 Å². The van der Waals surface area contributed by atoms with E-state index >= 15 is 0 Å². The Morgan fingerprint density at radius 2 is 2.08 bits per heavy atom. The molecule has 0 aliphatic carbocycles. The molecule has 6 heteroatoms. The van der Waals surface area contributed by atoms with Gasteiger partial charge in [0.1, 0.15) is 0 Å². The van der Waals surface area contributed by atoms with E-state index < -0.39 is 40.5 Å². The molecule has 1 rings (SSSR count). The van der Waals surface area contributed by atoms with Gasteiger partial charge >= 0.3 is 0 Å². The predicted octanol–water partition coefficient (Wildman–Crippen LogP) is 0.439. The molecule has 0 aromatic heterocycles. The van der Waals surface area contributed by atoms with Crippen LogP contribution in [-0.4, -0.2) is 37.6 Å². The highest BCUT2D eigenvalue weighted by molar-refractivity contribution is 7.91. The number of sulfone groups is 1. The highest BCUT2D eigenvalue weighted by Gasteiger charge is 2.45. The minimum Gasteiger partial charge on any atom is -0.396 e. The van der Waals surface area contributed by atoms with Gasteiger partial charge in [-0.2, -0.15) is 0 Å². The van der Waals surface area contributed by atoms with E-state index in [2.05, 4.69) is 0 Å². The summed E-state index contributed by atoms with van der Waals surface area (Å²) in [7, 11) is -3.26. The third-order valence-corrected chi connectivity index (χ3v) is 4.04. The van der Waals surface area contributed by atoms with Gasteiger partial charge in [-0.05, 0) is 6.42 Å². The fourth-order valence-electron chi connectivity index (χ4n) is 1.48. The molecule has 0 aromatic rings. The van der Waals surface area contributed by atoms with Crippen LogP contribution in [0.2, 0.25) is 0 Å². The summed E-state index contributed by atoms with van der Waals surface area (Å²) >= 11 is 0. The van der Waals surface area contributed by atoms with Crippen molar-refractivity contribution in [3.63, 3.8) is 0 Å². The molecule has 13 heavy (non-hydrogen) atoms. The van der Waals surface area contributed by atoms with Gasteiger partial charge in [-0.3, -0.25) is 0 Å². The van der Waals surface area contributed by atoms with Crippen LogP contribution >= 0.6 is 0 Å². The quantitative estimate of drug-likeness (QED) is 0.741.